The second-order valence-electron chi connectivity index (χ2n) is 5.22. The van der Waals surface area contributed by atoms with Crippen LogP contribution in [0.3, 0.4) is 0 Å². The predicted octanol–water partition coefficient (Wildman–Crippen LogP) is 1.29. The van der Waals surface area contributed by atoms with Gasteiger partial charge in [0.25, 0.3) is 0 Å². The minimum Gasteiger partial charge on any atom is -0.343 e. The maximum Gasteiger partial charge on any atom is 0.249 e. The van der Waals surface area contributed by atoms with Gasteiger partial charge in [-0.1, -0.05) is 19.0 Å². The summed E-state index contributed by atoms with van der Waals surface area (Å²) in [5.74, 6) is 0.640. The molecule has 2 heterocycles. The Hall–Kier alpha value is -2.28. The molecule has 1 amide bonds. The topological polar surface area (TPSA) is 107 Å². The molecule has 2 aromatic heterocycles. The molecule has 0 spiro atoms. The van der Waals surface area contributed by atoms with Crippen molar-refractivity contribution < 1.29 is 9.32 Å². The van der Waals surface area contributed by atoms with Crippen molar-refractivity contribution in [1.29, 1.82) is 0 Å². The van der Waals surface area contributed by atoms with Gasteiger partial charge in [0.1, 0.15) is 6.04 Å². The standard InChI is InChI=1S/C14H19N5O2/c1-8(2)11(17-13(20)9(3)15)14-18-12(19-21-14)10-5-4-6-16-7-10/h4-9,11H,15H2,1-3H3,(H,17,20). The summed E-state index contributed by atoms with van der Waals surface area (Å²) in [7, 11) is 0. The van der Waals surface area contributed by atoms with E-state index in [1.165, 1.54) is 0 Å². The molecule has 2 rings (SSSR count). The minimum atomic E-state index is -0.591. The van der Waals surface area contributed by atoms with Crippen LogP contribution in [0.25, 0.3) is 11.4 Å². The van der Waals surface area contributed by atoms with Gasteiger partial charge in [0, 0.05) is 18.0 Å². The molecular formula is C14H19N5O2. The second-order valence-corrected chi connectivity index (χ2v) is 5.22. The van der Waals surface area contributed by atoms with Gasteiger partial charge in [-0.25, -0.2) is 0 Å². The fraction of sp³-hybridized carbons (Fsp3) is 0.429. The average molecular weight is 289 g/mol. The van der Waals surface area contributed by atoms with Crippen molar-refractivity contribution in [3.05, 3.63) is 30.4 Å². The van der Waals surface area contributed by atoms with Crippen LogP contribution in [0.1, 0.15) is 32.7 Å². The van der Waals surface area contributed by atoms with Crippen LogP contribution in [0.2, 0.25) is 0 Å². The molecular weight excluding hydrogens is 270 g/mol. The number of nitrogens with two attached hydrogens (primary N) is 1. The number of carbonyl (C=O) groups excluding carboxylic acids is 1. The number of amides is 1. The summed E-state index contributed by atoms with van der Waals surface area (Å²) in [6.45, 7) is 5.54. The highest BCUT2D eigenvalue weighted by molar-refractivity contribution is 5.81. The first kappa shape index (κ1) is 15.1. The van der Waals surface area contributed by atoms with Crippen molar-refractivity contribution in [3.63, 3.8) is 0 Å². The number of nitrogens with zero attached hydrogens (tertiary/aromatic N) is 3. The van der Waals surface area contributed by atoms with Gasteiger partial charge < -0.3 is 15.6 Å². The molecule has 0 saturated carbocycles. The third-order valence-corrected chi connectivity index (χ3v) is 3.01. The van der Waals surface area contributed by atoms with Crippen molar-refractivity contribution in [2.24, 2.45) is 11.7 Å². The lowest BCUT2D eigenvalue weighted by atomic mass is 10.0. The van der Waals surface area contributed by atoms with Gasteiger partial charge in [0.05, 0.1) is 6.04 Å². The Morgan fingerprint density at radius 3 is 2.71 bits per heavy atom. The summed E-state index contributed by atoms with van der Waals surface area (Å²) in [6, 6.07) is 2.67. The van der Waals surface area contributed by atoms with E-state index in [-0.39, 0.29) is 17.9 Å². The summed E-state index contributed by atoms with van der Waals surface area (Å²) in [4.78, 5) is 20.1. The van der Waals surface area contributed by atoms with E-state index in [2.05, 4.69) is 20.4 Å². The molecule has 21 heavy (non-hydrogen) atoms. The molecule has 0 fully saturated rings. The smallest absolute Gasteiger partial charge is 0.249 e. The van der Waals surface area contributed by atoms with Crippen LogP contribution in [0.4, 0.5) is 0 Å². The lowest BCUT2D eigenvalue weighted by molar-refractivity contribution is -0.123. The van der Waals surface area contributed by atoms with E-state index in [0.29, 0.717) is 11.7 Å². The molecule has 7 nitrogen and oxygen atoms in total. The molecule has 112 valence electrons. The number of rotatable bonds is 5. The molecule has 2 atom stereocenters. The van der Waals surface area contributed by atoms with Gasteiger partial charge in [-0.05, 0) is 25.0 Å². The number of aromatic nitrogens is 3. The fourth-order valence-corrected chi connectivity index (χ4v) is 1.77. The Morgan fingerprint density at radius 2 is 2.14 bits per heavy atom. The highest BCUT2D eigenvalue weighted by atomic mass is 16.5. The fourth-order valence-electron chi connectivity index (χ4n) is 1.77. The Kier molecular flexibility index (Phi) is 4.64. The zero-order valence-electron chi connectivity index (χ0n) is 12.3. The maximum atomic E-state index is 11.8. The van der Waals surface area contributed by atoms with Gasteiger partial charge in [0.15, 0.2) is 0 Å². The molecule has 0 aliphatic rings. The van der Waals surface area contributed by atoms with Gasteiger partial charge in [0.2, 0.25) is 17.6 Å². The van der Waals surface area contributed by atoms with Gasteiger partial charge in [-0.3, -0.25) is 9.78 Å². The Morgan fingerprint density at radius 1 is 1.38 bits per heavy atom. The highest BCUT2D eigenvalue weighted by Crippen LogP contribution is 2.23. The highest BCUT2D eigenvalue weighted by Gasteiger charge is 2.25. The van der Waals surface area contributed by atoms with Crippen LogP contribution in [-0.2, 0) is 4.79 Å². The molecule has 0 aromatic carbocycles. The molecule has 0 bridgehead atoms. The molecule has 2 aromatic rings. The quantitative estimate of drug-likeness (QED) is 0.859. The van der Waals surface area contributed by atoms with Crippen LogP contribution < -0.4 is 11.1 Å². The van der Waals surface area contributed by atoms with Gasteiger partial charge in [-0.15, -0.1) is 0 Å². The Bertz CT molecular complexity index is 594. The van der Waals surface area contributed by atoms with Crippen LogP contribution >= 0.6 is 0 Å². The number of nitrogens with one attached hydrogen (secondary N) is 1. The monoisotopic (exact) mass is 289 g/mol. The van der Waals surface area contributed by atoms with Crippen molar-refractivity contribution >= 4 is 5.91 Å². The number of hydrogen-bond donors (Lipinski definition) is 2. The number of hydrogen-bond acceptors (Lipinski definition) is 6. The van der Waals surface area contributed by atoms with Crippen molar-refractivity contribution in [2.75, 3.05) is 0 Å². The van der Waals surface area contributed by atoms with E-state index in [9.17, 15) is 4.79 Å². The second kappa shape index (κ2) is 6.45. The first-order valence-electron chi connectivity index (χ1n) is 6.79. The predicted molar refractivity (Wildman–Crippen MR) is 76.9 cm³/mol. The summed E-state index contributed by atoms with van der Waals surface area (Å²) in [5, 5.41) is 6.75. The van der Waals surface area contributed by atoms with Crippen LogP contribution in [0.5, 0.6) is 0 Å². The number of pyridine rings is 1. The van der Waals surface area contributed by atoms with Crippen molar-refractivity contribution in [3.8, 4) is 11.4 Å². The van der Waals surface area contributed by atoms with Crippen molar-refractivity contribution in [1.82, 2.24) is 20.4 Å². The summed E-state index contributed by atoms with van der Waals surface area (Å²) >= 11 is 0. The summed E-state index contributed by atoms with van der Waals surface area (Å²) < 4.78 is 5.28. The Labute approximate surface area is 122 Å². The first-order chi connectivity index (χ1) is 9.99. The van der Waals surface area contributed by atoms with E-state index in [4.69, 9.17) is 10.3 Å². The normalized spacial score (nSPS) is 14.0. The first-order valence-corrected chi connectivity index (χ1v) is 6.79. The number of carbonyl (C=O) groups is 1. The molecule has 7 heteroatoms. The van der Waals surface area contributed by atoms with E-state index >= 15 is 0 Å². The molecule has 3 N–H and O–H groups in total. The lowest BCUT2D eigenvalue weighted by Gasteiger charge is -2.19. The molecule has 0 saturated heterocycles. The van der Waals surface area contributed by atoms with Crippen LogP contribution in [0, 0.1) is 5.92 Å². The molecule has 0 aliphatic carbocycles. The summed E-state index contributed by atoms with van der Waals surface area (Å²) in [5.41, 5.74) is 6.33. The third kappa shape index (κ3) is 3.63. The molecule has 2 unspecified atom stereocenters. The Balaban J connectivity index is 2.22. The SMILES string of the molecule is CC(N)C(=O)NC(c1nc(-c2cccnc2)no1)C(C)C. The van der Waals surface area contributed by atoms with E-state index < -0.39 is 6.04 Å². The third-order valence-electron chi connectivity index (χ3n) is 3.01. The lowest BCUT2D eigenvalue weighted by Crippen LogP contribution is -2.41. The van der Waals surface area contributed by atoms with E-state index in [0.717, 1.165) is 5.56 Å². The maximum absolute atomic E-state index is 11.8. The van der Waals surface area contributed by atoms with Crippen molar-refractivity contribution in [2.45, 2.75) is 32.9 Å². The van der Waals surface area contributed by atoms with Gasteiger partial charge in [-0.2, -0.15) is 4.98 Å². The largest absolute Gasteiger partial charge is 0.343 e. The van der Waals surface area contributed by atoms with Gasteiger partial charge >= 0.3 is 0 Å². The average Bonchev–Trinajstić information content (AvgIpc) is 2.94. The molecule has 0 aliphatic heterocycles. The zero-order chi connectivity index (χ0) is 15.4. The van der Waals surface area contributed by atoms with E-state index in [1.54, 1.807) is 25.4 Å². The summed E-state index contributed by atoms with van der Waals surface area (Å²) in [6.07, 6.45) is 3.32. The van der Waals surface area contributed by atoms with Crippen LogP contribution in [0.15, 0.2) is 29.0 Å². The van der Waals surface area contributed by atoms with Crippen LogP contribution in [-0.4, -0.2) is 27.1 Å². The minimum absolute atomic E-state index is 0.0925. The zero-order valence-corrected chi connectivity index (χ0v) is 12.3. The molecule has 0 radical (unpaired) electrons. The van der Waals surface area contributed by atoms with E-state index in [1.807, 2.05) is 19.9 Å².